The van der Waals surface area contributed by atoms with Crippen molar-refractivity contribution >= 4 is 18.3 Å². The topological polar surface area (TPSA) is 41.1 Å². The molecule has 1 atom stereocenters. The SMILES string of the molecule is CNCC(=O)NC(c1ccc(F)cc1)C(C)(C)C.Cl. The first kappa shape index (κ1) is 17.9. The number of rotatable bonds is 4. The van der Waals surface area contributed by atoms with E-state index in [1.54, 1.807) is 19.2 Å². The largest absolute Gasteiger partial charge is 0.348 e. The molecule has 5 heteroatoms. The van der Waals surface area contributed by atoms with Crippen molar-refractivity contribution in [2.75, 3.05) is 13.6 Å². The van der Waals surface area contributed by atoms with Crippen LogP contribution in [0.2, 0.25) is 0 Å². The van der Waals surface area contributed by atoms with Crippen molar-refractivity contribution in [3.8, 4) is 0 Å². The van der Waals surface area contributed by atoms with Gasteiger partial charge in [-0.1, -0.05) is 32.9 Å². The predicted molar refractivity (Wildman–Crippen MR) is 77.9 cm³/mol. The molecule has 19 heavy (non-hydrogen) atoms. The predicted octanol–water partition coefficient (Wildman–Crippen LogP) is 2.67. The lowest BCUT2D eigenvalue weighted by molar-refractivity contribution is -0.121. The highest BCUT2D eigenvalue weighted by Crippen LogP contribution is 2.32. The number of halogens is 2. The number of likely N-dealkylation sites (N-methyl/N-ethyl adjacent to an activating group) is 1. The molecule has 0 radical (unpaired) electrons. The number of benzene rings is 1. The number of nitrogens with one attached hydrogen (secondary N) is 2. The van der Waals surface area contributed by atoms with Crippen LogP contribution in [0.5, 0.6) is 0 Å². The summed E-state index contributed by atoms with van der Waals surface area (Å²) in [7, 11) is 1.73. The first-order valence-electron chi connectivity index (χ1n) is 6.04. The summed E-state index contributed by atoms with van der Waals surface area (Å²) in [4.78, 5) is 11.7. The Morgan fingerprint density at radius 3 is 2.21 bits per heavy atom. The van der Waals surface area contributed by atoms with Crippen molar-refractivity contribution in [1.29, 1.82) is 0 Å². The molecule has 1 rings (SSSR count). The molecule has 108 valence electrons. The van der Waals surface area contributed by atoms with Crippen LogP contribution in [0.3, 0.4) is 0 Å². The number of amides is 1. The minimum atomic E-state index is -0.270. The van der Waals surface area contributed by atoms with Gasteiger partial charge in [0.25, 0.3) is 0 Å². The van der Waals surface area contributed by atoms with E-state index in [1.165, 1.54) is 12.1 Å². The molecular formula is C14H22ClFN2O. The van der Waals surface area contributed by atoms with Crippen LogP contribution in [-0.4, -0.2) is 19.5 Å². The number of carbonyl (C=O) groups is 1. The van der Waals surface area contributed by atoms with E-state index in [-0.39, 0.29) is 42.1 Å². The van der Waals surface area contributed by atoms with E-state index in [9.17, 15) is 9.18 Å². The molecule has 0 aromatic heterocycles. The van der Waals surface area contributed by atoms with E-state index < -0.39 is 0 Å². The molecule has 0 spiro atoms. The highest BCUT2D eigenvalue weighted by atomic mass is 35.5. The van der Waals surface area contributed by atoms with Crippen molar-refractivity contribution in [2.24, 2.45) is 5.41 Å². The van der Waals surface area contributed by atoms with Crippen LogP contribution in [-0.2, 0) is 4.79 Å². The lowest BCUT2D eigenvalue weighted by Gasteiger charge is -2.32. The number of carbonyl (C=O) groups excluding carboxylic acids is 1. The molecule has 0 aliphatic carbocycles. The lowest BCUT2D eigenvalue weighted by Crippen LogP contribution is -2.40. The molecule has 0 fully saturated rings. The van der Waals surface area contributed by atoms with Gasteiger partial charge in [-0.05, 0) is 30.2 Å². The second-order valence-corrected chi connectivity index (χ2v) is 5.45. The molecule has 0 saturated heterocycles. The van der Waals surface area contributed by atoms with E-state index in [4.69, 9.17) is 0 Å². The quantitative estimate of drug-likeness (QED) is 0.894. The molecule has 0 heterocycles. The molecule has 0 aliphatic rings. The van der Waals surface area contributed by atoms with Crippen LogP contribution in [0.15, 0.2) is 24.3 Å². The molecular weight excluding hydrogens is 267 g/mol. The zero-order valence-electron chi connectivity index (χ0n) is 11.8. The van der Waals surface area contributed by atoms with Crippen molar-refractivity contribution in [3.05, 3.63) is 35.6 Å². The molecule has 0 saturated carbocycles. The normalized spacial score (nSPS) is 12.5. The van der Waals surface area contributed by atoms with Crippen molar-refractivity contribution in [3.63, 3.8) is 0 Å². The van der Waals surface area contributed by atoms with Gasteiger partial charge < -0.3 is 10.6 Å². The Kier molecular flexibility index (Phi) is 7.01. The molecule has 1 amide bonds. The Morgan fingerprint density at radius 2 is 1.79 bits per heavy atom. The highest BCUT2D eigenvalue weighted by Gasteiger charge is 2.27. The van der Waals surface area contributed by atoms with Gasteiger partial charge in [0.05, 0.1) is 12.6 Å². The molecule has 1 unspecified atom stereocenters. The second kappa shape index (κ2) is 7.46. The van der Waals surface area contributed by atoms with Crippen molar-refractivity contribution < 1.29 is 9.18 Å². The van der Waals surface area contributed by atoms with Crippen LogP contribution in [0, 0.1) is 11.2 Å². The maximum Gasteiger partial charge on any atom is 0.234 e. The first-order chi connectivity index (χ1) is 8.34. The van der Waals surface area contributed by atoms with Crippen LogP contribution < -0.4 is 10.6 Å². The third kappa shape index (κ3) is 5.57. The second-order valence-electron chi connectivity index (χ2n) is 5.45. The molecule has 1 aromatic rings. The third-order valence-corrected chi connectivity index (χ3v) is 2.71. The van der Waals surface area contributed by atoms with Gasteiger partial charge in [0.1, 0.15) is 5.82 Å². The summed E-state index contributed by atoms with van der Waals surface area (Å²) in [6.45, 7) is 6.40. The number of hydrogen-bond acceptors (Lipinski definition) is 2. The van der Waals surface area contributed by atoms with Crippen molar-refractivity contribution in [2.45, 2.75) is 26.8 Å². The Balaban J connectivity index is 0.00000324. The van der Waals surface area contributed by atoms with Crippen LogP contribution >= 0.6 is 12.4 Å². The van der Waals surface area contributed by atoms with E-state index >= 15 is 0 Å². The van der Waals surface area contributed by atoms with E-state index in [0.29, 0.717) is 0 Å². The minimum absolute atomic E-state index is 0. The summed E-state index contributed by atoms with van der Waals surface area (Å²) in [5.41, 5.74) is 0.773. The Labute approximate surface area is 120 Å². The number of hydrogen-bond donors (Lipinski definition) is 2. The fourth-order valence-electron chi connectivity index (χ4n) is 1.83. The summed E-state index contributed by atoms with van der Waals surface area (Å²) in [6, 6.07) is 6.12. The summed E-state index contributed by atoms with van der Waals surface area (Å²) < 4.78 is 12.9. The Morgan fingerprint density at radius 1 is 1.26 bits per heavy atom. The molecule has 0 aliphatic heterocycles. The average molecular weight is 289 g/mol. The van der Waals surface area contributed by atoms with E-state index in [1.807, 2.05) is 20.8 Å². The zero-order valence-corrected chi connectivity index (χ0v) is 12.6. The lowest BCUT2D eigenvalue weighted by atomic mass is 9.82. The minimum Gasteiger partial charge on any atom is -0.348 e. The van der Waals surface area contributed by atoms with Gasteiger partial charge in [0, 0.05) is 0 Å². The molecule has 0 bridgehead atoms. The van der Waals surface area contributed by atoms with Crippen LogP contribution in [0.25, 0.3) is 0 Å². The van der Waals surface area contributed by atoms with E-state index in [0.717, 1.165) is 5.56 Å². The Hall–Kier alpha value is -1.13. The fourth-order valence-corrected chi connectivity index (χ4v) is 1.83. The summed E-state index contributed by atoms with van der Waals surface area (Å²) in [5.74, 6) is -0.338. The monoisotopic (exact) mass is 288 g/mol. The van der Waals surface area contributed by atoms with Crippen molar-refractivity contribution in [1.82, 2.24) is 10.6 Å². The standard InChI is InChI=1S/C14H21FN2O.ClH/c1-14(2,3)13(17-12(18)9-16-4)10-5-7-11(15)8-6-10;/h5-8,13,16H,9H2,1-4H3,(H,17,18);1H. The molecule has 1 aromatic carbocycles. The highest BCUT2D eigenvalue weighted by molar-refractivity contribution is 5.85. The van der Waals surface area contributed by atoms with Gasteiger partial charge in [0.2, 0.25) is 5.91 Å². The van der Waals surface area contributed by atoms with Gasteiger partial charge in [-0.3, -0.25) is 4.79 Å². The third-order valence-electron chi connectivity index (χ3n) is 2.71. The van der Waals surface area contributed by atoms with E-state index in [2.05, 4.69) is 10.6 Å². The molecule has 2 N–H and O–H groups in total. The van der Waals surface area contributed by atoms with Gasteiger partial charge in [0.15, 0.2) is 0 Å². The maximum absolute atomic E-state index is 12.9. The smallest absolute Gasteiger partial charge is 0.234 e. The summed E-state index contributed by atoms with van der Waals surface area (Å²) >= 11 is 0. The summed E-state index contributed by atoms with van der Waals surface area (Å²) in [5, 5.41) is 5.78. The van der Waals surface area contributed by atoms with Gasteiger partial charge >= 0.3 is 0 Å². The van der Waals surface area contributed by atoms with Crippen LogP contribution in [0.4, 0.5) is 4.39 Å². The summed E-state index contributed by atoms with van der Waals surface area (Å²) in [6.07, 6.45) is 0. The van der Waals surface area contributed by atoms with Gasteiger partial charge in [-0.2, -0.15) is 0 Å². The zero-order chi connectivity index (χ0) is 13.8. The Bertz CT molecular complexity index is 401. The van der Waals surface area contributed by atoms with Gasteiger partial charge in [-0.15, -0.1) is 12.4 Å². The van der Waals surface area contributed by atoms with Gasteiger partial charge in [-0.25, -0.2) is 4.39 Å². The van der Waals surface area contributed by atoms with Crippen LogP contribution in [0.1, 0.15) is 32.4 Å². The maximum atomic E-state index is 12.9. The fraction of sp³-hybridized carbons (Fsp3) is 0.500. The molecule has 3 nitrogen and oxygen atoms in total. The first-order valence-corrected chi connectivity index (χ1v) is 6.04. The average Bonchev–Trinajstić information content (AvgIpc) is 2.26.